The van der Waals surface area contributed by atoms with Crippen LogP contribution in [0.15, 0.2) is 29.7 Å². The van der Waals surface area contributed by atoms with Gasteiger partial charge < -0.3 is 24.6 Å². The third kappa shape index (κ3) is 6.95. The zero-order chi connectivity index (χ0) is 37.9. The molecule has 4 heterocycles. The number of likely N-dealkylation sites (N-methyl/N-ethyl adjacent to an activating group) is 1. The number of urea groups is 1. The number of aryl methyl sites for hydroxylation is 1. The van der Waals surface area contributed by atoms with E-state index in [4.69, 9.17) is 24.4 Å². The Labute approximate surface area is 313 Å². The number of hydrogen-bond donors (Lipinski definition) is 2. The minimum Gasteiger partial charge on any atom is -0.496 e. The summed E-state index contributed by atoms with van der Waals surface area (Å²) in [7, 11) is -0.669. The van der Waals surface area contributed by atoms with Gasteiger partial charge in [0.05, 0.1) is 29.6 Å². The van der Waals surface area contributed by atoms with Crippen LogP contribution in [-0.2, 0) is 19.6 Å². The van der Waals surface area contributed by atoms with Crippen LogP contribution < -0.4 is 19.5 Å². The largest absolute Gasteiger partial charge is 0.496 e. The fraction of sp³-hybridized carbons (Fsp3) is 0.568. The molecule has 3 aromatic rings. The van der Waals surface area contributed by atoms with Gasteiger partial charge in [-0.3, -0.25) is 14.3 Å². The topological polar surface area (TPSA) is 173 Å². The lowest BCUT2D eigenvalue weighted by Gasteiger charge is -2.30. The average Bonchev–Trinajstić information content (AvgIpc) is 3.89. The minimum atomic E-state index is -3.95. The number of fused-ring (bicyclic) bond motifs is 3. The highest BCUT2D eigenvalue weighted by Gasteiger charge is 2.63. The molecule has 7 rings (SSSR count). The van der Waals surface area contributed by atoms with Crippen LogP contribution in [0.2, 0.25) is 0 Å². The first-order chi connectivity index (χ1) is 25.2. The van der Waals surface area contributed by atoms with Crippen LogP contribution >= 0.6 is 11.3 Å². The molecule has 16 heteroatoms. The molecule has 53 heavy (non-hydrogen) atoms. The number of allylic oxidation sites excluding steroid dienone is 1. The fourth-order valence-electron chi connectivity index (χ4n) is 7.08. The van der Waals surface area contributed by atoms with Crippen molar-refractivity contribution in [3.05, 3.63) is 40.9 Å². The van der Waals surface area contributed by atoms with Crippen molar-refractivity contribution in [1.82, 2.24) is 34.8 Å². The fourth-order valence-corrected chi connectivity index (χ4v) is 9.30. The molecule has 4 atom stereocenters. The number of amides is 4. The van der Waals surface area contributed by atoms with E-state index in [9.17, 15) is 22.8 Å². The summed E-state index contributed by atoms with van der Waals surface area (Å²) in [4.78, 5) is 59.6. The van der Waals surface area contributed by atoms with Crippen LogP contribution in [0.1, 0.15) is 82.9 Å². The van der Waals surface area contributed by atoms with Crippen molar-refractivity contribution in [2.75, 3.05) is 27.2 Å². The molecule has 2 aliphatic heterocycles. The van der Waals surface area contributed by atoms with Crippen molar-refractivity contribution < 1.29 is 32.3 Å². The van der Waals surface area contributed by atoms with E-state index >= 15 is 0 Å². The molecule has 1 saturated heterocycles. The molecule has 0 radical (unpaired) electrons. The van der Waals surface area contributed by atoms with Crippen LogP contribution in [-0.4, -0.2) is 101 Å². The van der Waals surface area contributed by atoms with Crippen molar-refractivity contribution in [2.45, 2.75) is 101 Å². The summed E-state index contributed by atoms with van der Waals surface area (Å²) in [6.07, 6.45) is 6.80. The second kappa shape index (κ2) is 13.8. The summed E-state index contributed by atoms with van der Waals surface area (Å²) in [5.41, 5.74) is 0.964. The number of hydrogen-bond acceptors (Lipinski definition) is 11. The van der Waals surface area contributed by atoms with Gasteiger partial charge in [0.1, 0.15) is 28.8 Å². The molecule has 2 N–H and O–H groups in total. The van der Waals surface area contributed by atoms with Crippen molar-refractivity contribution in [2.24, 2.45) is 5.92 Å². The SMILES string of the molecule is COc1ccc(C)c2nc(-c3nc(C(C)C)cs3)nc(O[C@H]3C[C@H]4C(=O)N(C)CCCC/C=C\[C@@H]5C[C@@]5(C(=O)NS(=O)(=O)C5(C)CC5)NC(=O)N4C3)c12. The van der Waals surface area contributed by atoms with Gasteiger partial charge in [0, 0.05) is 31.3 Å². The van der Waals surface area contributed by atoms with E-state index in [0.717, 1.165) is 30.5 Å². The maximum atomic E-state index is 14.3. The molecular formula is C37H47N7O7S2. The Bertz CT molecular complexity index is 2100. The number of ether oxygens (including phenoxy) is 2. The summed E-state index contributed by atoms with van der Waals surface area (Å²) >= 11 is 1.44. The molecule has 0 spiro atoms. The van der Waals surface area contributed by atoms with Crippen molar-refractivity contribution in [1.29, 1.82) is 0 Å². The first-order valence-corrected chi connectivity index (χ1v) is 20.6. The van der Waals surface area contributed by atoms with Gasteiger partial charge in [-0.2, -0.15) is 4.98 Å². The lowest BCUT2D eigenvalue weighted by atomic mass is 10.1. The van der Waals surface area contributed by atoms with E-state index in [0.29, 0.717) is 46.9 Å². The Kier molecular flexibility index (Phi) is 9.66. The van der Waals surface area contributed by atoms with Crippen LogP contribution in [0.4, 0.5) is 4.79 Å². The van der Waals surface area contributed by atoms with E-state index in [1.165, 1.54) is 16.2 Å². The van der Waals surface area contributed by atoms with Gasteiger partial charge in [-0.25, -0.2) is 23.2 Å². The predicted octanol–water partition coefficient (Wildman–Crippen LogP) is 4.68. The maximum Gasteiger partial charge on any atom is 0.319 e. The number of nitrogens with one attached hydrogen (secondary N) is 2. The maximum absolute atomic E-state index is 14.3. The van der Waals surface area contributed by atoms with Crippen LogP contribution in [0.25, 0.3) is 21.7 Å². The lowest BCUT2D eigenvalue weighted by Crippen LogP contribution is -2.58. The monoisotopic (exact) mass is 765 g/mol. The zero-order valence-corrected chi connectivity index (χ0v) is 32.6. The number of rotatable bonds is 8. The summed E-state index contributed by atoms with van der Waals surface area (Å²) < 4.78 is 39.9. The number of aromatic nitrogens is 3. The molecule has 4 aliphatic rings. The summed E-state index contributed by atoms with van der Waals surface area (Å²) in [6, 6.07) is 2.19. The van der Waals surface area contributed by atoms with E-state index in [1.54, 1.807) is 26.0 Å². The summed E-state index contributed by atoms with van der Waals surface area (Å²) in [5, 5.41) is 6.07. The van der Waals surface area contributed by atoms with Gasteiger partial charge in [0.2, 0.25) is 21.8 Å². The Balaban J connectivity index is 1.22. The second-order valence-corrected chi connectivity index (χ2v) is 18.4. The minimum absolute atomic E-state index is 0.00830. The molecule has 14 nitrogen and oxygen atoms in total. The number of benzene rings is 1. The number of nitrogens with zero attached hydrogens (tertiary/aromatic N) is 5. The Morgan fingerprint density at radius 3 is 2.62 bits per heavy atom. The Morgan fingerprint density at radius 2 is 1.92 bits per heavy atom. The van der Waals surface area contributed by atoms with Gasteiger partial charge in [0.15, 0.2) is 10.8 Å². The number of carbonyl (C=O) groups is 3. The number of carbonyl (C=O) groups excluding carboxylic acids is 3. The highest BCUT2D eigenvalue weighted by Crippen LogP contribution is 2.48. The summed E-state index contributed by atoms with van der Waals surface area (Å²) in [6.45, 7) is 8.20. The molecule has 4 amide bonds. The Morgan fingerprint density at radius 1 is 1.15 bits per heavy atom. The van der Waals surface area contributed by atoms with Gasteiger partial charge in [0.25, 0.3) is 5.91 Å². The summed E-state index contributed by atoms with van der Waals surface area (Å²) in [5.74, 6) is -0.0501. The first-order valence-electron chi connectivity index (χ1n) is 18.2. The lowest BCUT2D eigenvalue weighted by molar-refractivity contribution is -0.134. The van der Waals surface area contributed by atoms with Crippen molar-refractivity contribution in [3.63, 3.8) is 0 Å². The predicted molar refractivity (Wildman–Crippen MR) is 200 cm³/mol. The van der Waals surface area contributed by atoms with Crippen LogP contribution in [0, 0.1) is 12.8 Å². The second-order valence-electron chi connectivity index (χ2n) is 15.3. The highest BCUT2D eigenvalue weighted by molar-refractivity contribution is 7.91. The third-order valence-corrected chi connectivity index (χ3v) is 14.0. The Hall–Kier alpha value is -4.31. The molecule has 0 unspecified atom stereocenters. The van der Waals surface area contributed by atoms with Gasteiger partial charge in [-0.1, -0.05) is 32.1 Å². The van der Waals surface area contributed by atoms with Crippen LogP contribution in [0.3, 0.4) is 0 Å². The van der Waals surface area contributed by atoms with E-state index < -0.39 is 50.3 Å². The molecule has 0 bridgehead atoms. The molecular weight excluding hydrogens is 719 g/mol. The quantitative estimate of drug-likeness (QED) is 0.307. The molecule has 1 aromatic carbocycles. The van der Waals surface area contributed by atoms with E-state index in [-0.39, 0.29) is 37.1 Å². The molecule has 2 aliphatic carbocycles. The molecule has 3 fully saturated rings. The molecule has 2 saturated carbocycles. The van der Waals surface area contributed by atoms with Crippen molar-refractivity contribution in [3.8, 4) is 22.5 Å². The first kappa shape index (κ1) is 37.0. The van der Waals surface area contributed by atoms with Gasteiger partial charge in [-0.15, -0.1) is 11.3 Å². The van der Waals surface area contributed by atoms with E-state index in [2.05, 4.69) is 23.9 Å². The van der Waals surface area contributed by atoms with E-state index in [1.807, 2.05) is 36.6 Å². The normalized spacial score (nSPS) is 26.4. The number of methoxy groups -OCH3 is 1. The third-order valence-electron chi connectivity index (χ3n) is 11.0. The number of thiazole rings is 1. The molecule has 284 valence electrons. The smallest absolute Gasteiger partial charge is 0.319 e. The average molecular weight is 766 g/mol. The van der Waals surface area contributed by atoms with Crippen LogP contribution in [0.5, 0.6) is 11.6 Å². The van der Waals surface area contributed by atoms with Gasteiger partial charge in [-0.05, 0) is 69.9 Å². The number of sulfonamides is 1. The molecule has 2 aromatic heterocycles. The standard InChI is InChI=1S/C37H47N7O7S2/c1-21(2)25-20-52-32(38-25)30-39-29-22(3)12-13-27(50-6)28(29)31(40-30)51-24-17-26-33(45)43(5)16-10-8-7-9-11-23-18-37(23,41-35(47)44(26)19-24)34(46)42-53(48,49)36(4)14-15-36/h9,11-13,20-21,23-24,26H,7-8,10,14-19H2,1-6H3,(H,41,47)(H,42,46)/b11-9-/t23-,24+,26+,37-/m1/s1. The van der Waals surface area contributed by atoms with Crippen molar-refractivity contribution >= 4 is 50.1 Å². The highest BCUT2D eigenvalue weighted by atomic mass is 32.2. The van der Waals surface area contributed by atoms with Gasteiger partial charge >= 0.3 is 6.03 Å². The zero-order valence-electron chi connectivity index (χ0n) is 31.0.